The molecule has 1 nitrogen and oxygen atoms in total. The monoisotopic (exact) mass is 287 g/mol. The van der Waals surface area contributed by atoms with E-state index in [4.69, 9.17) is 0 Å². The van der Waals surface area contributed by atoms with Gasteiger partial charge in [0.15, 0.2) is 0 Å². The van der Waals surface area contributed by atoms with E-state index in [9.17, 15) is 0 Å². The number of benzene rings is 1. The molecule has 1 heteroatoms. The summed E-state index contributed by atoms with van der Waals surface area (Å²) in [4.78, 5) is 0. The molecule has 0 amide bonds. The summed E-state index contributed by atoms with van der Waals surface area (Å²) in [6, 6.07) is 9.68. The lowest BCUT2D eigenvalue weighted by Gasteiger charge is -2.37. The van der Waals surface area contributed by atoms with Gasteiger partial charge in [0.05, 0.1) is 0 Å². The molecule has 0 aliphatic heterocycles. The zero-order valence-corrected chi connectivity index (χ0v) is 14.8. The van der Waals surface area contributed by atoms with Crippen LogP contribution in [-0.4, -0.2) is 6.04 Å². The molecule has 0 unspecified atom stereocenters. The predicted octanol–water partition coefficient (Wildman–Crippen LogP) is 6.00. The molecule has 1 fully saturated rings. The van der Waals surface area contributed by atoms with Crippen LogP contribution in [-0.2, 0) is 5.41 Å². The van der Waals surface area contributed by atoms with Crippen molar-refractivity contribution < 1.29 is 0 Å². The quantitative estimate of drug-likeness (QED) is 0.703. The van der Waals surface area contributed by atoms with Crippen LogP contribution in [0.3, 0.4) is 0 Å². The first-order valence-corrected chi connectivity index (χ1v) is 8.53. The first-order chi connectivity index (χ1) is 9.66. The summed E-state index contributed by atoms with van der Waals surface area (Å²) in [5, 5.41) is 3.73. The Bertz CT molecular complexity index is 436. The molecule has 118 valence electrons. The van der Waals surface area contributed by atoms with E-state index in [0.29, 0.717) is 11.5 Å². The zero-order chi connectivity index (χ0) is 15.7. The molecule has 2 rings (SSSR count). The Kier molecular flexibility index (Phi) is 4.70. The molecule has 0 heterocycles. The molecular weight excluding hydrogens is 254 g/mol. The lowest BCUT2D eigenvalue weighted by atomic mass is 9.71. The molecule has 21 heavy (non-hydrogen) atoms. The van der Waals surface area contributed by atoms with Gasteiger partial charge in [0.2, 0.25) is 0 Å². The summed E-state index contributed by atoms with van der Waals surface area (Å²) in [7, 11) is 0. The van der Waals surface area contributed by atoms with Crippen LogP contribution in [0, 0.1) is 11.3 Å². The van der Waals surface area contributed by atoms with Gasteiger partial charge in [-0.3, -0.25) is 0 Å². The van der Waals surface area contributed by atoms with Crippen molar-refractivity contribution in [2.24, 2.45) is 11.3 Å². The van der Waals surface area contributed by atoms with Crippen molar-refractivity contribution in [1.82, 2.24) is 0 Å². The summed E-state index contributed by atoms with van der Waals surface area (Å²) < 4.78 is 0. The molecule has 0 bridgehead atoms. The van der Waals surface area contributed by atoms with E-state index in [2.05, 4.69) is 71.1 Å². The molecular formula is C20H33N. The van der Waals surface area contributed by atoms with Crippen LogP contribution in [0.5, 0.6) is 0 Å². The summed E-state index contributed by atoms with van der Waals surface area (Å²) in [5.74, 6) is 0.888. The van der Waals surface area contributed by atoms with Gasteiger partial charge in [-0.2, -0.15) is 0 Å². The number of nitrogens with one attached hydrogen (secondary N) is 1. The molecule has 0 aromatic heterocycles. The van der Waals surface area contributed by atoms with Crippen LogP contribution in [0.15, 0.2) is 24.3 Å². The molecule has 1 aliphatic carbocycles. The molecule has 0 atom stereocenters. The van der Waals surface area contributed by atoms with Crippen LogP contribution in [0.1, 0.15) is 72.8 Å². The SMILES string of the molecule is CC(C)(C)c1ccc(NC2CCC(C(C)(C)C)CC2)cc1. The van der Waals surface area contributed by atoms with E-state index < -0.39 is 0 Å². The number of hydrogen-bond acceptors (Lipinski definition) is 1. The lowest BCUT2D eigenvalue weighted by molar-refractivity contribution is 0.173. The standard InChI is InChI=1S/C20H33N/c1-19(2,3)15-7-11-17(12-8-15)21-18-13-9-16(10-14-18)20(4,5)6/h7-8,11-12,16,18,21H,9-10,13-14H2,1-6H3. The molecule has 1 aromatic carbocycles. The van der Waals surface area contributed by atoms with Crippen molar-refractivity contribution in [2.75, 3.05) is 5.32 Å². The van der Waals surface area contributed by atoms with Gasteiger partial charge >= 0.3 is 0 Å². The number of hydrogen-bond donors (Lipinski definition) is 1. The molecule has 1 aromatic rings. The maximum Gasteiger partial charge on any atom is 0.0342 e. The van der Waals surface area contributed by atoms with Gasteiger partial charge in [0, 0.05) is 11.7 Å². The van der Waals surface area contributed by atoms with Gasteiger partial charge in [0.25, 0.3) is 0 Å². The summed E-state index contributed by atoms with van der Waals surface area (Å²) in [5.41, 5.74) is 3.40. The second-order valence-corrected chi connectivity index (χ2v) is 8.89. The van der Waals surface area contributed by atoms with E-state index in [1.807, 2.05) is 0 Å². The summed E-state index contributed by atoms with van der Waals surface area (Å²) >= 11 is 0. The van der Waals surface area contributed by atoms with Gasteiger partial charge in [-0.25, -0.2) is 0 Å². The highest BCUT2D eigenvalue weighted by Gasteiger charge is 2.29. The van der Waals surface area contributed by atoms with Crippen molar-refractivity contribution in [3.63, 3.8) is 0 Å². The summed E-state index contributed by atoms with van der Waals surface area (Å²) in [6.45, 7) is 14.0. The Morgan fingerprint density at radius 3 is 1.76 bits per heavy atom. The third kappa shape index (κ3) is 4.49. The first-order valence-electron chi connectivity index (χ1n) is 8.53. The topological polar surface area (TPSA) is 12.0 Å². The van der Waals surface area contributed by atoms with Crippen molar-refractivity contribution >= 4 is 5.69 Å². The van der Waals surface area contributed by atoms with Gasteiger partial charge in [-0.15, -0.1) is 0 Å². The molecule has 1 saturated carbocycles. The minimum absolute atomic E-state index is 0.239. The highest BCUT2D eigenvalue weighted by molar-refractivity contribution is 5.46. The average Bonchev–Trinajstić information content (AvgIpc) is 2.38. The molecule has 0 radical (unpaired) electrons. The third-order valence-corrected chi connectivity index (χ3v) is 5.07. The van der Waals surface area contributed by atoms with Crippen LogP contribution in [0.4, 0.5) is 5.69 Å². The Morgan fingerprint density at radius 1 is 0.810 bits per heavy atom. The van der Waals surface area contributed by atoms with Crippen molar-refractivity contribution in [2.45, 2.75) is 78.7 Å². The van der Waals surface area contributed by atoms with Gasteiger partial charge in [-0.1, -0.05) is 53.7 Å². The van der Waals surface area contributed by atoms with E-state index in [0.717, 1.165) is 5.92 Å². The van der Waals surface area contributed by atoms with E-state index >= 15 is 0 Å². The Hall–Kier alpha value is -0.980. The van der Waals surface area contributed by atoms with E-state index in [1.165, 1.54) is 36.9 Å². The second-order valence-electron chi connectivity index (χ2n) is 8.89. The normalized spacial score (nSPS) is 23.9. The highest BCUT2D eigenvalue weighted by atomic mass is 14.9. The minimum atomic E-state index is 0.239. The number of rotatable bonds is 2. The van der Waals surface area contributed by atoms with Crippen LogP contribution >= 0.6 is 0 Å². The maximum absolute atomic E-state index is 3.73. The Labute approximate surface area is 131 Å². The summed E-state index contributed by atoms with van der Waals surface area (Å²) in [6.07, 6.45) is 5.34. The molecule has 1 N–H and O–H groups in total. The largest absolute Gasteiger partial charge is 0.382 e. The van der Waals surface area contributed by atoms with Crippen LogP contribution < -0.4 is 5.32 Å². The molecule has 1 aliphatic rings. The van der Waals surface area contributed by atoms with Crippen molar-refractivity contribution in [1.29, 1.82) is 0 Å². The first kappa shape index (κ1) is 16.4. The zero-order valence-electron chi connectivity index (χ0n) is 14.8. The second kappa shape index (κ2) is 6.02. The minimum Gasteiger partial charge on any atom is -0.382 e. The van der Waals surface area contributed by atoms with Gasteiger partial charge < -0.3 is 5.32 Å². The fourth-order valence-corrected chi connectivity index (χ4v) is 3.41. The fraction of sp³-hybridized carbons (Fsp3) is 0.700. The Balaban J connectivity index is 1.89. The van der Waals surface area contributed by atoms with E-state index in [1.54, 1.807) is 0 Å². The van der Waals surface area contributed by atoms with Gasteiger partial charge in [0.1, 0.15) is 0 Å². The Morgan fingerprint density at radius 2 is 1.33 bits per heavy atom. The van der Waals surface area contributed by atoms with Crippen LogP contribution in [0.2, 0.25) is 0 Å². The van der Waals surface area contributed by atoms with E-state index in [-0.39, 0.29) is 5.41 Å². The maximum atomic E-state index is 3.73. The lowest BCUT2D eigenvalue weighted by Crippen LogP contribution is -2.31. The highest BCUT2D eigenvalue weighted by Crippen LogP contribution is 2.38. The molecule has 0 saturated heterocycles. The van der Waals surface area contributed by atoms with Crippen LogP contribution in [0.25, 0.3) is 0 Å². The average molecular weight is 287 g/mol. The number of anilines is 1. The fourth-order valence-electron chi connectivity index (χ4n) is 3.41. The smallest absolute Gasteiger partial charge is 0.0342 e. The molecule has 0 spiro atoms. The van der Waals surface area contributed by atoms with Crippen molar-refractivity contribution in [3.05, 3.63) is 29.8 Å². The third-order valence-electron chi connectivity index (χ3n) is 5.07. The van der Waals surface area contributed by atoms with Gasteiger partial charge in [-0.05, 0) is 60.1 Å². The van der Waals surface area contributed by atoms with Crippen molar-refractivity contribution in [3.8, 4) is 0 Å². The predicted molar refractivity (Wildman–Crippen MR) is 94.0 cm³/mol.